The Morgan fingerprint density at radius 1 is 1.22 bits per heavy atom. The highest BCUT2D eigenvalue weighted by molar-refractivity contribution is 5.33. The lowest BCUT2D eigenvalue weighted by Crippen LogP contribution is -2.38. The van der Waals surface area contributed by atoms with Crippen LogP contribution in [0.2, 0.25) is 0 Å². The highest BCUT2D eigenvalue weighted by atomic mass is 16.5. The van der Waals surface area contributed by atoms with Crippen LogP contribution in [0.15, 0.2) is 0 Å². The molecule has 3 heterocycles. The highest BCUT2D eigenvalue weighted by Gasteiger charge is 2.28. The summed E-state index contributed by atoms with van der Waals surface area (Å²) in [5.41, 5.74) is 0. The van der Waals surface area contributed by atoms with E-state index in [2.05, 4.69) is 33.5 Å². The number of ether oxygens (including phenoxy) is 2. The summed E-state index contributed by atoms with van der Waals surface area (Å²) in [4.78, 5) is 2.37. The van der Waals surface area contributed by atoms with Gasteiger partial charge in [0.05, 0.1) is 12.7 Å². The minimum Gasteiger partial charge on any atom is -0.381 e. The molecule has 0 bridgehead atoms. The van der Waals surface area contributed by atoms with Crippen molar-refractivity contribution in [1.29, 1.82) is 0 Å². The predicted molar refractivity (Wildman–Crippen MR) is 89.9 cm³/mol. The zero-order valence-corrected chi connectivity index (χ0v) is 14.7. The van der Waals surface area contributed by atoms with Gasteiger partial charge in [-0.15, -0.1) is 10.2 Å². The molecule has 0 radical (unpaired) electrons. The van der Waals surface area contributed by atoms with Gasteiger partial charge in [-0.25, -0.2) is 0 Å². The quantitative estimate of drug-likeness (QED) is 0.833. The Labute approximate surface area is 139 Å². The van der Waals surface area contributed by atoms with E-state index < -0.39 is 0 Å². The number of nitrogens with zero attached hydrogens (tertiary/aromatic N) is 4. The van der Waals surface area contributed by atoms with Crippen LogP contribution in [0.3, 0.4) is 0 Å². The minimum atomic E-state index is 0.388. The number of hydrogen-bond acceptors (Lipinski definition) is 5. The van der Waals surface area contributed by atoms with Gasteiger partial charge in [0, 0.05) is 39.3 Å². The van der Waals surface area contributed by atoms with Crippen molar-refractivity contribution in [2.24, 2.45) is 5.92 Å². The standard InChI is InChI=1S/C17H30N4O2/c1-13(2)11-21-16(14-5-4-10-23-12-14)18-19-17(21)20-8-6-15(22-3)7-9-20/h13-15H,4-12H2,1-3H3. The molecule has 1 unspecified atom stereocenters. The summed E-state index contributed by atoms with van der Waals surface area (Å²) >= 11 is 0. The molecule has 130 valence electrons. The first kappa shape index (κ1) is 16.7. The molecule has 0 spiro atoms. The first-order valence-electron chi connectivity index (χ1n) is 8.97. The maximum atomic E-state index is 5.67. The summed E-state index contributed by atoms with van der Waals surface area (Å²) in [5, 5.41) is 9.13. The van der Waals surface area contributed by atoms with Crippen LogP contribution in [-0.2, 0) is 16.0 Å². The van der Waals surface area contributed by atoms with E-state index in [0.29, 0.717) is 17.9 Å². The van der Waals surface area contributed by atoms with Gasteiger partial charge in [0.15, 0.2) is 0 Å². The molecule has 2 aliphatic heterocycles. The second-order valence-electron chi connectivity index (χ2n) is 7.20. The van der Waals surface area contributed by atoms with Crippen molar-refractivity contribution in [1.82, 2.24) is 14.8 Å². The number of anilines is 1. The third-order valence-corrected chi connectivity index (χ3v) is 4.89. The zero-order valence-electron chi connectivity index (χ0n) is 14.7. The van der Waals surface area contributed by atoms with Gasteiger partial charge in [0.2, 0.25) is 5.95 Å². The summed E-state index contributed by atoms with van der Waals surface area (Å²) < 4.78 is 13.5. The fourth-order valence-corrected chi connectivity index (χ4v) is 3.62. The van der Waals surface area contributed by atoms with Crippen LogP contribution < -0.4 is 4.90 Å². The van der Waals surface area contributed by atoms with Gasteiger partial charge in [-0.05, 0) is 31.6 Å². The molecule has 6 nitrogen and oxygen atoms in total. The zero-order chi connectivity index (χ0) is 16.2. The molecule has 0 aromatic carbocycles. The third kappa shape index (κ3) is 3.86. The summed E-state index contributed by atoms with van der Waals surface area (Å²) in [5.74, 6) is 3.11. The lowest BCUT2D eigenvalue weighted by atomic mass is 10.0. The molecular weight excluding hydrogens is 292 g/mol. The van der Waals surface area contributed by atoms with Gasteiger partial charge in [-0.2, -0.15) is 0 Å². The van der Waals surface area contributed by atoms with Crippen molar-refractivity contribution >= 4 is 5.95 Å². The van der Waals surface area contributed by atoms with Crippen LogP contribution in [0.1, 0.15) is 51.3 Å². The predicted octanol–water partition coefficient (Wildman–Crippen LogP) is 2.44. The number of rotatable bonds is 5. The number of hydrogen-bond donors (Lipinski definition) is 0. The van der Waals surface area contributed by atoms with Crippen LogP contribution >= 0.6 is 0 Å². The molecule has 1 aromatic heterocycles. The molecule has 6 heteroatoms. The second-order valence-corrected chi connectivity index (χ2v) is 7.20. The molecule has 2 aliphatic rings. The van der Waals surface area contributed by atoms with E-state index >= 15 is 0 Å². The van der Waals surface area contributed by atoms with Gasteiger partial charge >= 0.3 is 0 Å². The van der Waals surface area contributed by atoms with Crippen LogP contribution in [0.5, 0.6) is 0 Å². The molecular formula is C17H30N4O2. The fraction of sp³-hybridized carbons (Fsp3) is 0.882. The van der Waals surface area contributed by atoms with E-state index in [9.17, 15) is 0 Å². The Balaban J connectivity index is 1.80. The van der Waals surface area contributed by atoms with E-state index in [4.69, 9.17) is 9.47 Å². The van der Waals surface area contributed by atoms with Crippen molar-refractivity contribution in [3.05, 3.63) is 5.82 Å². The summed E-state index contributed by atoms with van der Waals surface area (Å²) in [7, 11) is 1.81. The van der Waals surface area contributed by atoms with Crippen LogP contribution in [0.4, 0.5) is 5.95 Å². The second kappa shape index (κ2) is 7.62. The summed E-state index contributed by atoms with van der Waals surface area (Å²) in [6.07, 6.45) is 4.79. The first-order chi connectivity index (χ1) is 11.2. The molecule has 0 amide bonds. The molecule has 23 heavy (non-hydrogen) atoms. The fourth-order valence-electron chi connectivity index (χ4n) is 3.62. The van der Waals surface area contributed by atoms with Crippen molar-refractivity contribution < 1.29 is 9.47 Å². The molecule has 0 aliphatic carbocycles. The lowest BCUT2D eigenvalue weighted by Gasteiger charge is -2.32. The maximum Gasteiger partial charge on any atom is 0.227 e. The normalized spacial score (nSPS) is 23.7. The Bertz CT molecular complexity index is 489. The monoisotopic (exact) mass is 322 g/mol. The summed E-state index contributed by atoms with van der Waals surface area (Å²) in [6.45, 7) is 9.13. The van der Waals surface area contributed by atoms with E-state index in [1.807, 2.05) is 7.11 Å². The van der Waals surface area contributed by atoms with Crippen molar-refractivity contribution in [2.45, 2.75) is 58.1 Å². The molecule has 1 aromatic rings. The molecule has 0 saturated carbocycles. The van der Waals surface area contributed by atoms with E-state index in [0.717, 1.165) is 70.3 Å². The smallest absolute Gasteiger partial charge is 0.227 e. The third-order valence-electron chi connectivity index (χ3n) is 4.89. The topological polar surface area (TPSA) is 52.4 Å². The Morgan fingerprint density at radius 2 is 2.00 bits per heavy atom. The highest BCUT2D eigenvalue weighted by Crippen LogP contribution is 2.29. The van der Waals surface area contributed by atoms with Crippen molar-refractivity contribution in [2.75, 3.05) is 38.3 Å². The lowest BCUT2D eigenvalue weighted by molar-refractivity contribution is 0.0765. The van der Waals surface area contributed by atoms with Crippen LogP contribution in [0, 0.1) is 5.92 Å². The van der Waals surface area contributed by atoms with Gasteiger partial charge in [0.25, 0.3) is 0 Å². The number of methoxy groups -OCH3 is 1. The Kier molecular flexibility index (Phi) is 5.54. The van der Waals surface area contributed by atoms with Crippen LogP contribution in [0.25, 0.3) is 0 Å². The van der Waals surface area contributed by atoms with E-state index in [-0.39, 0.29) is 0 Å². The van der Waals surface area contributed by atoms with Gasteiger partial charge in [-0.1, -0.05) is 13.8 Å². The number of piperidine rings is 1. The van der Waals surface area contributed by atoms with Gasteiger partial charge in [0.1, 0.15) is 5.82 Å². The SMILES string of the molecule is COC1CCN(c2nnc(C3CCCOC3)n2CC(C)C)CC1. The molecule has 2 fully saturated rings. The summed E-state index contributed by atoms with van der Waals surface area (Å²) in [6, 6.07) is 0. The van der Waals surface area contributed by atoms with E-state index in [1.54, 1.807) is 0 Å². The molecule has 0 N–H and O–H groups in total. The van der Waals surface area contributed by atoms with Gasteiger partial charge in [-0.3, -0.25) is 4.57 Å². The molecule has 3 rings (SSSR count). The van der Waals surface area contributed by atoms with Gasteiger partial charge < -0.3 is 14.4 Å². The largest absolute Gasteiger partial charge is 0.381 e. The van der Waals surface area contributed by atoms with Crippen LogP contribution in [-0.4, -0.2) is 54.3 Å². The molecule has 2 saturated heterocycles. The Hall–Kier alpha value is -1.14. The molecule has 1 atom stereocenters. The van der Waals surface area contributed by atoms with E-state index in [1.165, 1.54) is 0 Å². The number of aromatic nitrogens is 3. The minimum absolute atomic E-state index is 0.388. The average molecular weight is 322 g/mol. The maximum absolute atomic E-state index is 5.67. The van der Waals surface area contributed by atoms with Crippen molar-refractivity contribution in [3.63, 3.8) is 0 Å². The first-order valence-corrected chi connectivity index (χ1v) is 8.97. The van der Waals surface area contributed by atoms with Crippen molar-refractivity contribution in [3.8, 4) is 0 Å². The Morgan fingerprint density at radius 3 is 2.61 bits per heavy atom. The average Bonchev–Trinajstić information content (AvgIpc) is 2.98.